The molecule has 128 valence electrons. The first kappa shape index (κ1) is 15.8. The fraction of sp³-hybridized carbons (Fsp3) is 0.300. The van der Waals surface area contributed by atoms with Crippen molar-refractivity contribution in [1.29, 1.82) is 0 Å². The Morgan fingerprint density at radius 2 is 1.84 bits per heavy atom. The van der Waals surface area contributed by atoms with Crippen LogP contribution in [0.3, 0.4) is 0 Å². The minimum Gasteiger partial charge on any atom is -0.368 e. The molecule has 0 unspecified atom stereocenters. The molecule has 2 aromatic carbocycles. The van der Waals surface area contributed by atoms with Crippen molar-refractivity contribution in [1.82, 2.24) is 9.97 Å². The number of nitrogens with two attached hydrogens (primary N) is 2. The number of fused-ring (bicyclic) bond motifs is 1. The Balaban J connectivity index is 1.61. The quantitative estimate of drug-likeness (QED) is 0.767. The molecule has 1 fully saturated rings. The lowest BCUT2D eigenvalue weighted by Gasteiger charge is -2.32. The number of hydrogen-bond donors (Lipinski definition) is 2. The second kappa shape index (κ2) is 6.33. The van der Waals surface area contributed by atoms with E-state index in [1.807, 2.05) is 7.05 Å². The largest absolute Gasteiger partial charge is 0.368 e. The molecule has 25 heavy (non-hydrogen) atoms. The summed E-state index contributed by atoms with van der Waals surface area (Å²) in [6, 6.07) is 17.2. The van der Waals surface area contributed by atoms with Gasteiger partial charge in [-0.2, -0.15) is 4.98 Å². The van der Waals surface area contributed by atoms with Gasteiger partial charge in [-0.3, -0.25) is 0 Å². The maximum atomic E-state index is 5.95. The molecule has 0 aliphatic heterocycles. The summed E-state index contributed by atoms with van der Waals surface area (Å²) in [5.74, 6) is 1.60. The molecule has 1 saturated carbocycles. The van der Waals surface area contributed by atoms with Gasteiger partial charge < -0.3 is 16.4 Å². The van der Waals surface area contributed by atoms with Gasteiger partial charge in [-0.25, -0.2) is 4.98 Å². The fourth-order valence-corrected chi connectivity index (χ4v) is 3.55. The van der Waals surface area contributed by atoms with Gasteiger partial charge in [-0.1, -0.05) is 42.5 Å². The van der Waals surface area contributed by atoms with Crippen LogP contribution in [0.4, 0.5) is 11.8 Å². The molecule has 1 aliphatic carbocycles. The highest BCUT2D eigenvalue weighted by atomic mass is 15.2. The van der Waals surface area contributed by atoms with Crippen LogP contribution in [-0.4, -0.2) is 23.1 Å². The minimum atomic E-state index is 0.290. The Kier molecular flexibility index (Phi) is 4.01. The third-order valence-corrected chi connectivity index (χ3v) is 5.02. The average molecular weight is 333 g/mol. The van der Waals surface area contributed by atoms with Crippen molar-refractivity contribution in [2.75, 3.05) is 17.7 Å². The van der Waals surface area contributed by atoms with Crippen LogP contribution < -0.4 is 16.4 Å². The Labute approximate surface area is 147 Å². The number of benzene rings is 2. The van der Waals surface area contributed by atoms with Crippen LogP contribution in [0.5, 0.6) is 0 Å². The lowest BCUT2D eigenvalue weighted by molar-refractivity contribution is 0.345. The highest BCUT2D eigenvalue weighted by Crippen LogP contribution is 2.36. The van der Waals surface area contributed by atoms with E-state index in [9.17, 15) is 0 Å². The summed E-state index contributed by atoms with van der Waals surface area (Å²) in [4.78, 5) is 11.0. The van der Waals surface area contributed by atoms with Crippen molar-refractivity contribution in [3.8, 4) is 0 Å². The molecule has 0 bridgehead atoms. The van der Waals surface area contributed by atoms with E-state index >= 15 is 0 Å². The Bertz CT molecular complexity index is 896. The number of hydrogen-bond acceptors (Lipinski definition) is 5. The molecule has 4 rings (SSSR count). The summed E-state index contributed by atoms with van der Waals surface area (Å²) in [6.07, 6.45) is 1.95. The summed E-state index contributed by atoms with van der Waals surface area (Å²) in [6.45, 7) is 0.765. The van der Waals surface area contributed by atoms with E-state index in [0.29, 0.717) is 11.9 Å². The summed E-state index contributed by atoms with van der Waals surface area (Å²) in [5.41, 5.74) is 14.1. The molecular formula is C20H23N5. The second-order valence-electron chi connectivity index (χ2n) is 6.93. The van der Waals surface area contributed by atoms with Gasteiger partial charge in [-0.05, 0) is 29.2 Å². The van der Waals surface area contributed by atoms with Crippen LogP contribution in [0.15, 0.2) is 48.5 Å². The average Bonchev–Trinajstić information content (AvgIpc) is 2.59. The summed E-state index contributed by atoms with van der Waals surface area (Å²) >= 11 is 0. The van der Waals surface area contributed by atoms with E-state index in [0.717, 1.165) is 30.9 Å². The van der Waals surface area contributed by atoms with E-state index in [-0.39, 0.29) is 6.04 Å². The molecule has 0 radical (unpaired) electrons. The standard InChI is InChI=1S/C20H23N5/c1-25(12-14-7-4-6-13-5-2-3-8-17(13)14)19-11-18(23-20(22)24-19)15-9-16(21)10-15/h2-8,11,15-16H,9-10,12,21H2,1H3,(H2,22,23,24). The molecule has 0 saturated heterocycles. The number of rotatable bonds is 4. The predicted molar refractivity (Wildman–Crippen MR) is 102 cm³/mol. The molecule has 0 amide bonds. The van der Waals surface area contributed by atoms with Crippen LogP contribution >= 0.6 is 0 Å². The molecule has 5 nitrogen and oxygen atoms in total. The Hall–Kier alpha value is -2.66. The van der Waals surface area contributed by atoms with E-state index < -0.39 is 0 Å². The highest BCUT2D eigenvalue weighted by molar-refractivity contribution is 5.85. The van der Waals surface area contributed by atoms with E-state index in [1.54, 1.807) is 0 Å². The Morgan fingerprint density at radius 3 is 2.64 bits per heavy atom. The van der Waals surface area contributed by atoms with E-state index in [1.165, 1.54) is 16.3 Å². The van der Waals surface area contributed by atoms with Gasteiger partial charge in [0.05, 0.1) is 5.69 Å². The first-order chi connectivity index (χ1) is 12.1. The van der Waals surface area contributed by atoms with Gasteiger partial charge in [0.15, 0.2) is 0 Å². The normalized spacial score (nSPS) is 19.6. The monoisotopic (exact) mass is 333 g/mol. The first-order valence-electron chi connectivity index (χ1n) is 8.68. The zero-order valence-electron chi connectivity index (χ0n) is 14.4. The minimum absolute atomic E-state index is 0.290. The van der Waals surface area contributed by atoms with Gasteiger partial charge in [-0.15, -0.1) is 0 Å². The number of anilines is 2. The van der Waals surface area contributed by atoms with Crippen LogP contribution in [0.25, 0.3) is 10.8 Å². The number of nitrogens with zero attached hydrogens (tertiary/aromatic N) is 3. The van der Waals surface area contributed by atoms with Gasteiger partial charge in [0.2, 0.25) is 5.95 Å². The highest BCUT2D eigenvalue weighted by Gasteiger charge is 2.29. The summed E-state index contributed by atoms with van der Waals surface area (Å²) in [7, 11) is 2.04. The third kappa shape index (κ3) is 3.15. The van der Waals surface area contributed by atoms with Gasteiger partial charge >= 0.3 is 0 Å². The number of aromatic nitrogens is 2. The first-order valence-corrected chi connectivity index (χ1v) is 8.68. The van der Waals surface area contributed by atoms with Crippen molar-refractivity contribution >= 4 is 22.5 Å². The maximum Gasteiger partial charge on any atom is 0.222 e. The van der Waals surface area contributed by atoms with E-state index in [2.05, 4.69) is 63.4 Å². The van der Waals surface area contributed by atoms with Crippen molar-refractivity contribution in [3.63, 3.8) is 0 Å². The molecule has 4 N–H and O–H groups in total. The topological polar surface area (TPSA) is 81.1 Å². The third-order valence-electron chi connectivity index (χ3n) is 5.02. The summed E-state index contributed by atoms with van der Waals surface area (Å²) in [5, 5.41) is 2.52. The Morgan fingerprint density at radius 1 is 1.08 bits per heavy atom. The van der Waals surface area contributed by atoms with Gasteiger partial charge in [0, 0.05) is 31.6 Å². The molecule has 3 aromatic rings. The molecule has 1 heterocycles. The molecule has 0 atom stereocenters. The zero-order chi connectivity index (χ0) is 17.4. The van der Waals surface area contributed by atoms with Crippen LogP contribution in [-0.2, 0) is 6.54 Å². The lowest BCUT2D eigenvalue weighted by Crippen LogP contribution is -2.35. The van der Waals surface area contributed by atoms with Crippen molar-refractivity contribution in [2.45, 2.75) is 31.3 Å². The lowest BCUT2D eigenvalue weighted by atomic mass is 9.78. The van der Waals surface area contributed by atoms with Gasteiger partial charge in [0.25, 0.3) is 0 Å². The second-order valence-corrected chi connectivity index (χ2v) is 6.93. The smallest absolute Gasteiger partial charge is 0.222 e. The summed E-state index contributed by atoms with van der Waals surface area (Å²) < 4.78 is 0. The van der Waals surface area contributed by atoms with Gasteiger partial charge in [0.1, 0.15) is 5.82 Å². The SMILES string of the molecule is CN(Cc1cccc2ccccc12)c1cc(C2CC(N)C2)nc(N)n1. The number of nitrogen functional groups attached to an aromatic ring is 1. The fourth-order valence-electron chi connectivity index (χ4n) is 3.55. The zero-order valence-corrected chi connectivity index (χ0v) is 14.4. The molecule has 5 heteroatoms. The molecular weight excluding hydrogens is 310 g/mol. The van der Waals surface area contributed by atoms with Crippen LogP contribution in [0.2, 0.25) is 0 Å². The van der Waals surface area contributed by atoms with Crippen molar-refractivity contribution in [3.05, 3.63) is 59.8 Å². The molecule has 0 spiro atoms. The van der Waals surface area contributed by atoms with Crippen molar-refractivity contribution < 1.29 is 0 Å². The van der Waals surface area contributed by atoms with Crippen LogP contribution in [0.1, 0.15) is 30.0 Å². The van der Waals surface area contributed by atoms with Crippen LogP contribution in [0, 0.1) is 0 Å². The maximum absolute atomic E-state index is 5.95. The predicted octanol–water partition coefficient (Wildman–Crippen LogP) is 3.05. The molecule has 1 aromatic heterocycles. The molecule has 1 aliphatic rings. The van der Waals surface area contributed by atoms with Crippen molar-refractivity contribution in [2.24, 2.45) is 5.73 Å². The van der Waals surface area contributed by atoms with E-state index in [4.69, 9.17) is 11.5 Å².